The van der Waals surface area contributed by atoms with Gasteiger partial charge in [-0.3, -0.25) is 9.59 Å². The number of carbonyl (C=O) groups is 2. The molecule has 1 aliphatic rings. The van der Waals surface area contributed by atoms with Crippen LogP contribution in [0, 0.1) is 5.92 Å². The van der Waals surface area contributed by atoms with E-state index in [4.69, 9.17) is 17.3 Å². The van der Waals surface area contributed by atoms with Crippen LogP contribution < -0.4 is 11.1 Å². The number of hydrogen-bond acceptors (Lipinski definition) is 3. The second-order valence-electron chi connectivity index (χ2n) is 4.87. The van der Waals surface area contributed by atoms with Gasteiger partial charge in [0.15, 0.2) is 0 Å². The standard InChI is InChI=1S/C13H16ClN3O2/c1-8-4-13(19)17(6-8)7-12(18)16-11-3-2-9(15)5-10(11)14/h2-3,5,8H,4,6-7,15H2,1H3,(H,16,18). The first kappa shape index (κ1) is 13.7. The Morgan fingerprint density at radius 2 is 2.32 bits per heavy atom. The van der Waals surface area contributed by atoms with Gasteiger partial charge >= 0.3 is 0 Å². The number of halogens is 1. The lowest BCUT2D eigenvalue weighted by atomic mass is 10.2. The molecule has 19 heavy (non-hydrogen) atoms. The summed E-state index contributed by atoms with van der Waals surface area (Å²) in [5, 5.41) is 3.06. The van der Waals surface area contributed by atoms with Crippen LogP contribution in [0.15, 0.2) is 18.2 Å². The minimum atomic E-state index is -0.255. The lowest BCUT2D eigenvalue weighted by molar-refractivity contribution is -0.131. The Labute approximate surface area is 116 Å². The van der Waals surface area contributed by atoms with Crippen molar-refractivity contribution >= 4 is 34.8 Å². The fraction of sp³-hybridized carbons (Fsp3) is 0.385. The summed E-state index contributed by atoms with van der Waals surface area (Å²) in [5.74, 6) is 0.0700. The summed E-state index contributed by atoms with van der Waals surface area (Å²) in [7, 11) is 0. The molecule has 2 rings (SSSR count). The van der Waals surface area contributed by atoms with E-state index in [9.17, 15) is 9.59 Å². The van der Waals surface area contributed by atoms with Gasteiger partial charge in [0, 0.05) is 18.7 Å². The summed E-state index contributed by atoms with van der Waals surface area (Å²) in [5.41, 5.74) is 6.61. The van der Waals surface area contributed by atoms with Crippen LogP contribution in [0.2, 0.25) is 5.02 Å². The Morgan fingerprint density at radius 3 is 2.89 bits per heavy atom. The molecule has 1 fully saturated rings. The monoisotopic (exact) mass is 281 g/mol. The lowest BCUT2D eigenvalue weighted by Crippen LogP contribution is -2.34. The molecule has 1 atom stereocenters. The molecule has 1 unspecified atom stereocenters. The van der Waals surface area contributed by atoms with Crippen LogP contribution in [0.5, 0.6) is 0 Å². The summed E-state index contributed by atoms with van der Waals surface area (Å²) in [6.07, 6.45) is 0.510. The topological polar surface area (TPSA) is 75.4 Å². The fourth-order valence-electron chi connectivity index (χ4n) is 2.12. The van der Waals surface area contributed by atoms with Crippen LogP contribution >= 0.6 is 11.6 Å². The maximum absolute atomic E-state index is 11.9. The molecule has 1 aliphatic heterocycles. The summed E-state index contributed by atoms with van der Waals surface area (Å²) in [6.45, 7) is 2.68. The highest BCUT2D eigenvalue weighted by Gasteiger charge is 2.27. The van der Waals surface area contributed by atoms with Crippen molar-refractivity contribution in [2.45, 2.75) is 13.3 Å². The molecule has 102 valence electrons. The first-order chi connectivity index (χ1) is 8.95. The van der Waals surface area contributed by atoms with E-state index >= 15 is 0 Å². The van der Waals surface area contributed by atoms with E-state index in [1.54, 1.807) is 23.1 Å². The van der Waals surface area contributed by atoms with Gasteiger partial charge in [-0.2, -0.15) is 0 Å². The Hall–Kier alpha value is -1.75. The summed E-state index contributed by atoms with van der Waals surface area (Å²) < 4.78 is 0. The second-order valence-corrected chi connectivity index (χ2v) is 5.28. The number of nitrogens with one attached hydrogen (secondary N) is 1. The molecule has 0 bridgehead atoms. The Morgan fingerprint density at radius 1 is 1.58 bits per heavy atom. The zero-order chi connectivity index (χ0) is 14.0. The molecule has 1 saturated heterocycles. The molecule has 1 aromatic carbocycles. The number of nitrogen functional groups attached to an aromatic ring is 1. The van der Waals surface area contributed by atoms with Crippen LogP contribution in [-0.4, -0.2) is 29.8 Å². The highest BCUT2D eigenvalue weighted by atomic mass is 35.5. The molecule has 0 radical (unpaired) electrons. The Bertz CT molecular complexity index is 519. The maximum Gasteiger partial charge on any atom is 0.244 e. The molecular formula is C13H16ClN3O2. The van der Waals surface area contributed by atoms with Crippen LogP contribution in [0.4, 0.5) is 11.4 Å². The van der Waals surface area contributed by atoms with E-state index in [0.29, 0.717) is 35.3 Å². The maximum atomic E-state index is 11.9. The number of hydrogen-bond donors (Lipinski definition) is 2. The van der Waals surface area contributed by atoms with Gasteiger partial charge in [0.05, 0.1) is 17.3 Å². The van der Waals surface area contributed by atoms with Crippen molar-refractivity contribution in [2.75, 3.05) is 24.1 Å². The normalized spacial score (nSPS) is 18.7. The predicted molar refractivity (Wildman–Crippen MR) is 74.9 cm³/mol. The van der Waals surface area contributed by atoms with Gasteiger partial charge in [0.25, 0.3) is 0 Å². The van der Waals surface area contributed by atoms with Crippen LogP contribution in [0.25, 0.3) is 0 Å². The van der Waals surface area contributed by atoms with E-state index in [1.807, 2.05) is 6.92 Å². The van der Waals surface area contributed by atoms with E-state index in [2.05, 4.69) is 5.32 Å². The van der Waals surface area contributed by atoms with E-state index in [0.717, 1.165) is 0 Å². The highest BCUT2D eigenvalue weighted by Crippen LogP contribution is 2.24. The van der Waals surface area contributed by atoms with Gasteiger partial charge in [-0.05, 0) is 24.1 Å². The zero-order valence-electron chi connectivity index (χ0n) is 10.6. The average Bonchev–Trinajstić information content (AvgIpc) is 2.61. The highest BCUT2D eigenvalue weighted by molar-refractivity contribution is 6.34. The third-order valence-corrected chi connectivity index (χ3v) is 3.32. The first-order valence-corrected chi connectivity index (χ1v) is 6.46. The molecule has 0 aliphatic carbocycles. The number of nitrogens with two attached hydrogens (primary N) is 1. The van der Waals surface area contributed by atoms with Gasteiger partial charge in [-0.15, -0.1) is 0 Å². The van der Waals surface area contributed by atoms with Crippen LogP contribution in [0.1, 0.15) is 13.3 Å². The minimum absolute atomic E-state index is 0.0195. The van der Waals surface area contributed by atoms with Gasteiger partial charge in [-0.25, -0.2) is 0 Å². The Kier molecular flexibility index (Phi) is 3.95. The van der Waals surface area contributed by atoms with Gasteiger partial charge in [-0.1, -0.05) is 18.5 Å². The molecule has 0 aromatic heterocycles. The molecule has 1 heterocycles. The van der Waals surface area contributed by atoms with Crippen LogP contribution in [-0.2, 0) is 9.59 Å². The number of nitrogens with zero attached hydrogens (tertiary/aromatic N) is 1. The SMILES string of the molecule is CC1CC(=O)N(CC(=O)Nc2ccc(N)cc2Cl)C1. The molecule has 5 nitrogen and oxygen atoms in total. The molecule has 0 spiro atoms. The van der Waals surface area contributed by atoms with Crippen LogP contribution in [0.3, 0.4) is 0 Å². The predicted octanol–water partition coefficient (Wildman–Crippen LogP) is 1.73. The smallest absolute Gasteiger partial charge is 0.244 e. The number of rotatable bonds is 3. The zero-order valence-corrected chi connectivity index (χ0v) is 11.4. The molecule has 6 heteroatoms. The summed E-state index contributed by atoms with van der Waals surface area (Å²) in [6, 6.07) is 4.87. The largest absolute Gasteiger partial charge is 0.399 e. The van der Waals surface area contributed by atoms with E-state index in [-0.39, 0.29) is 18.4 Å². The quantitative estimate of drug-likeness (QED) is 0.829. The molecule has 3 N–H and O–H groups in total. The molecule has 0 saturated carbocycles. The van der Waals surface area contributed by atoms with E-state index < -0.39 is 0 Å². The van der Waals surface area contributed by atoms with Crippen molar-refractivity contribution in [3.63, 3.8) is 0 Å². The molecular weight excluding hydrogens is 266 g/mol. The lowest BCUT2D eigenvalue weighted by Gasteiger charge is -2.16. The van der Waals surface area contributed by atoms with Crippen molar-refractivity contribution in [2.24, 2.45) is 5.92 Å². The van der Waals surface area contributed by atoms with Crippen molar-refractivity contribution in [3.8, 4) is 0 Å². The van der Waals surface area contributed by atoms with Gasteiger partial charge in [0.2, 0.25) is 11.8 Å². The number of amides is 2. The average molecular weight is 282 g/mol. The van der Waals surface area contributed by atoms with E-state index in [1.165, 1.54) is 0 Å². The van der Waals surface area contributed by atoms with Crippen molar-refractivity contribution in [3.05, 3.63) is 23.2 Å². The summed E-state index contributed by atoms with van der Waals surface area (Å²) >= 11 is 5.97. The minimum Gasteiger partial charge on any atom is -0.399 e. The number of carbonyl (C=O) groups excluding carboxylic acids is 2. The second kappa shape index (κ2) is 5.48. The van der Waals surface area contributed by atoms with Crippen molar-refractivity contribution < 1.29 is 9.59 Å². The molecule has 2 amide bonds. The van der Waals surface area contributed by atoms with Gasteiger partial charge in [0.1, 0.15) is 0 Å². The number of likely N-dealkylation sites (tertiary alicyclic amines) is 1. The summed E-state index contributed by atoms with van der Waals surface area (Å²) in [4.78, 5) is 25.0. The van der Waals surface area contributed by atoms with Crippen molar-refractivity contribution in [1.82, 2.24) is 4.90 Å². The fourth-order valence-corrected chi connectivity index (χ4v) is 2.35. The molecule has 1 aromatic rings. The number of anilines is 2. The van der Waals surface area contributed by atoms with Crippen molar-refractivity contribution in [1.29, 1.82) is 0 Å². The van der Waals surface area contributed by atoms with Gasteiger partial charge < -0.3 is 16.0 Å². The third kappa shape index (κ3) is 3.38. The third-order valence-electron chi connectivity index (χ3n) is 3.01. The number of benzene rings is 1. The Balaban J connectivity index is 1.96. The first-order valence-electron chi connectivity index (χ1n) is 6.08.